The molecule has 0 radical (unpaired) electrons. The topological polar surface area (TPSA) is 61.7 Å². The SMILES string of the molecule is C=C/C=C\C=C\c1cc(-c2nc(-c3ccccc3)nc(-c3ccccc3)n2)cc(-c2ccccc2)c1-n1c2ccccc2c2c3oc4cc5c(cc4c3ccc21)c1ccccc1n5-c1ccccc1. The third kappa shape index (κ3) is 6.69. The second-order valence-corrected chi connectivity index (χ2v) is 17.2. The van der Waals surface area contributed by atoms with Gasteiger partial charge in [-0.3, -0.25) is 0 Å². The summed E-state index contributed by atoms with van der Waals surface area (Å²) in [5.41, 5.74) is 13.9. The van der Waals surface area contributed by atoms with Crippen molar-refractivity contribution in [2.45, 2.75) is 0 Å². The summed E-state index contributed by atoms with van der Waals surface area (Å²) in [5.74, 6) is 1.79. The number of hydrogen-bond donors (Lipinski definition) is 0. The lowest BCUT2D eigenvalue weighted by atomic mass is 9.95. The van der Waals surface area contributed by atoms with E-state index in [2.05, 4.69) is 173 Å². The van der Waals surface area contributed by atoms with E-state index >= 15 is 0 Å². The average molecular weight is 884 g/mol. The fraction of sp³-hybridized carbons (Fsp3) is 0. The van der Waals surface area contributed by atoms with E-state index in [0.717, 1.165) is 99.5 Å². The van der Waals surface area contributed by atoms with E-state index in [9.17, 15) is 0 Å². The molecule has 9 aromatic carbocycles. The van der Waals surface area contributed by atoms with Crippen molar-refractivity contribution in [3.63, 3.8) is 0 Å². The number of hydrogen-bond acceptors (Lipinski definition) is 4. The molecule has 0 fully saturated rings. The third-order valence-corrected chi connectivity index (χ3v) is 13.1. The second-order valence-electron chi connectivity index (χ2n) is 17.2. The summed E-state index contributed by atoms with van der Waals surface area (Å²) < 4.78 is 11.9. The van der Waals surface area contributed by atoms with Gasteiger partial charge >= 0.3 is 0 Å². The zero-order valence-corrected chi connectivity index (χ0v) is 37.4. The molecule has 0 unspecified atom stereocenters. The van der Waals surface area contributed by atoms with Crippen LogP contribution in [0.3, 0.4) is 0 Å². The first-order valence-electron chi connectivity index (χ1n) is 23.1. The van der Waals surface area contributed by atoms with E-state index in [0.29, 0.717) is 17.5 Å². The maximum Gasteiger partial charge on any atom is 0.164 e. The molecular weight excluding hydrogens is 843 g/mol. The van der Waals surface area contributed by atoms with Crippen LogP contribution in [0.15, 0.2) is 242 Å². The molecule has 6 heteroatoms. The first kappa shape index (κ1) is 39.9. The maximum absolute atomic E-state index is 7.15. The number of furan rings is 1. The molecule has 4 aromatic heterocycles. The molecule has 0 amide bonds. The molecular formula is C63H41N5O. The van der Waals surface area contributed by atoms with Crippen LogP contribution in [0, 0.1) is 0 Å². The van der Waals surface area contributed by atoms with Crippen molar-refractivity contribution in [2.75, 3.05) is 0 Å². The highest BCUT2D eigenvalue weighted by atomic mass is 16.3. The van der Waals surface area contributed by atoms with E-state index in [1.54, 1.807) is 6.08 Å². The highest BCUT2D eigenvalue weighted by Crippen LogP contribution is 2.46. The minimum absolute atomic E-state index is 0.578. The van der Waals surface area contributed by atoms with E-state index in [-0.39, 0.29) is 0 Å². The van der Waals surface area contributed by atoms with Crippen LogP contribution in [0.2, 0.25) is 0 Å². The number of para-hydroxylation sites is 3. The van der Waals surface area contributed by atoms with Gasteiger partial charge in [-0.2, -0.15) is 0 Å². The molecule has 0 atom stereocenters. The largest absolute Gasteiger partial charge is 0.455 e. The summed E-state index contributed by atoms with van der Waals surface area (Å²) in [5, 5.41) is 6.71. The lowest BCUT2D eigenvalue weighted by Gasteiger charge is -2.19. The van der Waals surface area contributed by atoms with Crippen molar-refractivity contribution in [2.24, 2.45) is 0 Å². The molecule has 0 N–H and O–H groups in total. The molecule has 4 heterocycles. The predicted octanol–water partition coefficient (Wildman–Crippen LogP) is 16.4. The van der Waals surface area contributed by atoms with Gasteiger partial charge in [0.15, 0.2) is 17.5 Å². The highest BCUT2D eigenvalue weighted by molar-refractivity contribution is 6.26. The molecule has 6 nitrogen and oxygen atoms in total. The van der Waals surface area contributed by atoms with Crippen LogP contribution >= 0.6 is 0 Å². The van der Waals surface area contributed by atoms with Crippen molar-refractivity contribution in [1.29, 1.82) is 0 Å². The van der Waals surface area contributed by atoms with Gasteiger partial charge in [0.25, 0.3) is 0 Å². The Morgan fingerprint density at radius 3 is 1.65 bits per heavy atom. The van der Waals surface area contributed by atoms with Gasteiger partial charge in [0.1, 0.15) is 11.2 Å². The highest BCUT2D eigenvalue weighted by Gasteiger charge is 2.25. The lowest BCUT2D eigenvalue weighted by molar-refractivity contribution is 0.673. The molecule has 0 spiro atoms. The van der Waals surface area contributed by atoms with Gasteiger partial charge in [-0.05, 0) is 65.7 Å². The minimum Gasteiger partial charge on any atom is -0.455 e. The molecule has 0 saturated heterocycles. The zero-order chi connectivity index (χ0) is 45.8. The van der Waals surface area contributed by atoms with Crippen molar-refractivity contribution < 1.29 is 4.42 Å². The van der Waals surface area contributed by atoms with Gasteiger partial charge in [-0.25, -0.2) is 15.0 Å². The lowest BCUT2D eigenvalue weighted by Crippen LogP contribution is -2.04. The summed E-state index contributed by atoms with van der Waals surface area (Å²) in [7, 11) is 0. The zero-order valence-electron chi connectivity index (χ0n) is 37.4. The van der Waals surface area contributed by atoms with Gasteiger partial charge in [-0.1, -0.05) is 183 Å². The Bertz CT molecular complexity index is 4120. The third-order valence-electron chi connectivity index (χ3n) is 13.1. The van der Waals surface area contributed by atoms with E-state index in [4.69, 9.17) is 19.4 Å². The van der Waals surface area contributed by atoms with Crippen LogP contribution in [0.5, 0.6) is 0 Å². The number of benzene rings is 9. The molecule has 0 bridgehead atoms. The fourth-order valence-corrected chi connectivity index (χ4v) is 10.1. The Balaban J connectivity index is 1.10. The van der Waals surface area contributed by atoms with Crippen LogP contribution in [0.25, 0.3) is 128 Å². The molecule has 13 aromatic rings. The molecule has 13 rings (SSSR count). The summed E-state index contributed by atoms with van der Waals surface area (Å²) >= 11 is 0. The number of aromatic nitrogens is 5. The molecule has 324 valence electrons. The first-order valence-corrected chi connectivity index (χ1v) is 23.1. The van der Waals surface area contributed by atoms with Gasteiger partial charge in [0, 0.05) is 60.9 Å². The quantitative estimate of drug-likeness (QED) is 0.136. The van der Waals surface area contributed by atoms with E-state index in [1.807, 2.05) is 72.8 Å². The Morgan fingerprint density at radius 1 is 0.406 bits per heavy atom. The number of rotatable bonds is 9. The van der Waals surface area contributed by atoms with Crippen molar-refractivity contribution in [1.82, 2.24) is 24.1 Å². The maximum atomic E-state index is 7.15. The van der Waals surface area contributed by atoms with Crippen molar-refractivity contribution in [3.8, 4) is 56.7 Å². The van der Waals surface area contributed by atoms with Crippen LogP contribution in [-0.4, -0.2) is 24.1 Å². The summed E-state index contributed by atoms with van der Waals surface area (Å²) in [6, 6.07) is 72.2. The first-order chi connectivity index (χ1) is 34.2. The second kappa shape index (κ2) is 16.5. The molecule has 0 aliphatic heterocycles. The van der Waals surface area contributed by atoms with E-state index < -0.39 is 0 Å². The van der Waals surface area contributed by atoms with Gasteiger partial charge in [-0.15, -0.1) is 0 Å². The number of nitrogens with zero attached hydrogens (tertiary/aromatic N) is 5. The Kier molecular flexibility index (Phi) is 9.54. The predicted molar refractivity (Wildman–Crippen MR) is 286 cm³/mol. The van der Waals surface area contributed by atoms with E-state index in [1.165, 1.54) is 10.8 Å². The normalized spacial score (nSPS) is 12.0. The summed E-state index contributed by atoms with van der Waals surface area (Å²) in [6.07, 6.45) is 9.97. The van der Waals surface area contributed by atoms with Crippen molar-refractivity contribution >= 4 is 71.6 Å². The molecule has 69 heavy (non-hydrogen) atoms. The number of allylic oxidation sites excluding steroid dienone is 4. The minimum atomic E-state index is 0.578. The fourth-order valence-electron chi connectivity index (χ4n) is 10.1. The Labute approximate surface area is 397 Å². The smallest absolute Gasteiger partial charge is 0.164 e. The monoisotopic (exact) mass is 883 g/mol. The summed E-state index contributed by atoms with van der Waals surface area (Å²) in [6.45, 7) is 3.93. The van der Waals surface area contributed by atoms with Crippen LogP contribution < -0.4 is 0 Å². The van der Waals surface area contributed by atoms with Crippen molar-refractivity contribution in [3.05, 3.63) is 243 Å². The standard InChI is InChI=1S/C63H41N5O/c1-2-3-4-9-28-44-37-45(63-65-61(42-24-12-6-13-25-42)64-62(66-63)43-26-14-7-15-27-43)38-50(41-22-10-5-11-23-41)59(44)68-54-34-21-19-32-49(54)58-55(68)36-35-48-52-39-51-47-31-18-20-33-53(47)67(46-29-16-8-17-30-46)56(51)40-57(52)69-60(48)58/h2-40H,1H2/b4-3-,28-9+. The van der Waals surface area contributed by atoms with Crippen LogP contribution in [0.1, 0.15) is 5.56 Å². The van der Waals surface area contributed by atoms with Crippen LogP contribution in [0.4, 0.5) is 0 Å². The Morgan fingerprint density at radius 2 is 0.986 bits per heavy atom. The molecule has 0 aliphatic carbocycles. The Hall–Kier alpha value is -9.39. The van der Waals surface area contributed by atoms with Crippen LogP contribution in [-0.2, 0) is 0 Å². The summed E-state index contributed by atoms with van der Waals surface area (Å²) in [4.78, 5) is 15.4. The van der Waals surface area contributed by atoms with Gasteiger partial charge in [0.2, 0.25) is 0 Å². The molecule has 0 saturated carbocycles. The average Bonchev–Trinajstić information content (AvgIpc) is 4.07. The van der Waals surface area contributed by atoms with Gasteiger partial charge < -0.3 is 13.6 Å². The number of fused-ring (bicyclic) bond motifs is 10. The van der Waals surface area contributed by atoms with Gasteiger partial charge in [0.05, 0.1) is 33.1 Å². The molecule has 0 aliphatic rings.